The largest absolute Gasteiger partial charge is 0.481 e. The average Bonchev–Trinajstić information content (AvgIpc) is 3.25. The number of rotatable bonds is 5. The number of aliphatic hydroxyl groups excluding tert-OH is 1. The van der Waals surface area contributed by atoms with Crippen molar-refractivity contribution in [1.82, 2.24) is 9.80 Å². The lowest BCUT2D eigenvalue weighted by atomic mass is 9.72. The zero-order valence-electron chi connectivity index (χ0n) is 16.8. The Morgan fingerprint density at radius 2 is 1.54 bits per heavy atom. The number of hydrogen-bond donors (Lipinski definition) is 2. The lowest BCUT2D eigenvalue weighted by Gasteiger charge is -2.48. The summed E-state index contributed by atoms with van der Waals surface area (Å²) in [6, 6.07) is 11.0. The third-order valence-corrected chi connectivity index (χ3v) is 7.46. The van der Waals surface area contributed by atoms with Gasteiger partial charge >= 0.3 is 5.97 Å². The summed E-state index contributed by atoms with van der Waals surface area (Å²) < 4.78 is 0. The van der Waals surface area contributed by atoms with Crippen LogP contribution < -0.4 is 0 Å². The number of carboxylic acid groups (broad SMARTS) is 1. The fraction of sp³-hybridized carbons (Fsp3) is 0.696. The second-order valence-corrected chi connectivity index (χ2v) is 9.10. The maximum absolute atomic E-state index is 12.4. The SMILES string of the molecule is O=C(O)[C@]1(Cc2ccccc2)CN(C2CCN(C3CCCC3)CC2)CC[C@H]1O. The van der Waals surface area contributed by atoms with E-state index in [2.05, 4.69) is 9.80 Å². The van der Waals surface area contributed by atoms with Crippen molar-refractivity contribution >= 4 is 5.97 Å². The summed E-state index contributed by atoms with van der Waals surface area (Å²) in [6.07, 6.45) is 7.81. The van der Waals surface area contributed by atoms with Crippen LogP contribution in [0, 0.1) is 5.41 Å². The van der Waals surface area contributed by atoms with Gasteiger partial charge in [-0.1, -0.05) is 43.2 Å². The first-order valence-corrected chi connectivity index (χ1v) is 11.0. The molecule has 154 valence electrons. The normalized spacial score (nSPS) is 31.2. The van der Waals surface area contributed by atoms with Crippen molar-refractivity contribution in [2.75, 3.05) is 26.2 Å². The monoisotopic (exact) mass is 386 g/mol. The second kappa shape index (κ2) is 8.52. The summed E-state index contributed by atoms with van der Waals surface area (Å²) in [5.41, 5.74) is -0.121. The van der Waals surface area contributed by atoms with Gasteiger partial charge in [-0.3, -0.25) is 9.69 Å². The summed E-state index contributed by atoms with van der Waals surface area (Å²) in [4.78, 5) is 17.4. The molecule has 2 saturated heterocycles. The molecule has 2 atom stereocenters. The summed E-state index contributed by atoms with van der Waals surface area (Å²) >= 11 is 0. The Morgan fingerprint density at radius 3 is 2.18 bits per heavy atom. The number of carboxylic acids is 1. The van der Waals surface area contributed by atoms with Gasteiger partial charge < -0.3 is 15.1 Å². The highest BCUT2D eigenvalue weighted by Gasteiger charge is 2.50. The molecule has 0 amide bonds. The third kappa shape index (κ3) is 3.98. The van der Waals surface area contributed by atoms with E-state index in [9.17, 15) is 15.0 Å². The molecule has 3 fully saturated rings. The van der Waals surface area contributed by atoms with Gasteiger partial charge in [-0.25, -0.2) is 0 Å². The van der Waals surface area contributed by atoms with Crippen molar-refractivity contribution in [2.45, 2.75) is 69.6 Å². The molecular weight excluding hydrogens is 352 g/mol. The predicted octanol–water partition coefficient (Wildman–Crippen LogP) is 2.77. The molecule has 4 rings (SSSR count). The first-order chi connectivity index (χ1) is 13.6. The topological polar surface area (TPSA) is 64.0 Å². The minimum atomic E-state index is -1.11. The van der Waals surface area contributed by atoms with Crippen molar-refractivity contribution in [2.24, 2.45) is 5.41 Å². The highest BCUT2D eigenvalue weighted by Crippen LogP contribution is 2.37. The first-order valence-electron chi connectivity index (χ1n) is 11.0. The molecule has 3 aliphatic rings. The molecule has 5 nitrogen and oxygen atoms in total. The van der Waals surface area contributed by atoms with Crippen LogP contribution in [0.1, 0.15) is 50.5 Å². The third-order valence-electron chi connectivity index (χ3n) is 7.46. The molecule has 28 heavy (non-hydrogen) atoms. The molecule has 0 spiro atoms. The van der Waals surface area contributed by atoms with Crippen LogP contribution in [0.3, 0.4) is 0 Å². The number of aliphatic carboxylic acids is 1. The summed E-state index contributed by atoms with van der Waals surface area (Å²) in [7, 11) is 0. The molecule has 0 bridgehead atoms. The van der Waals surface area contributed by atoms with E-state index in [0.29, 0.717) is 25.4 Å². The quantitative estimate of drug-likeness (QED) is 0.815. The van der Waals surface area contributed by atoms with E-state index < -0.39 is 17.5 Å². The number of hydrogen-bond acceptors (Lipinski definition) is 4. The Kier molecular flexibility index (Phi) is 6.04. The lowest BCUT2D eigenvalue weighted by molar-refractivity contribution is -0.165. The van der Waals surface area contributed by atoms with Gasteiger partial charge in [-0.05, 0) is 57.2 Å². The van der Waals surface area contributed by atoms with Crippen molar-refractivity contribution < 1.29 is 15.0 Å². The van der Waals surface area contributed by atoms with Crippen LogP contribution in [-0.4, -0.2) is 70.3 Å². The highest BCUT2D eigenvalue weighted by atomic mass is 16.4. The molecular formula is C23H34N2O3. The van der Waals surface area contributed by atoms with E-state index in [1.807, 2.05) is 30.3 Å². The van der Waals surface area contributed by atoms with Crippen LogP contribution in [0.25, 0.3) is 0 Å². The van der Waals surface area contributed by atoms with Gasteiger partial charge in [0.1, 0.15) is 5.41 Å². The molecule has 1 aromatic carbocycles. The zero-order valence-corrected chi connectivity index (χ0v) is 16.8. The average molecular weight is 387 g/mol. The van der Waals surface area contributed by atoms with Crippen LogP contribution >= 0.6 is 0 Å². The molecule has 2 heterocycles. The molecule has 5 heteroatoms. The van der Waals surface area contributed by atoms with E-state index in [1.165, 1.54) is 25.7 Å². The molecule has 2 N–H and O–H groups in total. The zero-order chi connectivity index (χ0) is 19.6. The number of aliphatic hydroxyl groups is 1. The molecule has 2 aliphatic heterocycles. The van der Waals surface area contributed by atoms with E-state index in [4.69, 9.17) is 0 Å². The van der Waals surface area contributed by atoms with Gasteiger partial charge in [0.2, 0.25) is 0 Å². The summed E-state index contributed by atoms with van der Waals surface area (Å²) in [5, 5.41) is 20.9. The van der Waals surface area contributed by atoms with Crippen LogP contribution in [-0.2, 0) is 11.2 Å². The van der Waals surface area contributed by atoms with Crippen molar-refractivity contribution in [1.29, 1.82) is 0 Å². The van der Waals surface area contributed by atoms with E-state index >= 15 is 0 Å². The van der Waals surface area contributed by atoms with Crippen molar-refractivity contribution in [3.63, 3.8) is 0 Å². The molecule has 0 radical (unpaired) electrons. The Morgan fingerprint density at radius 1 is 0.929 bits per heavy atom. The molecule has 1 aliphatic carbocycles. The van der Waals surface area contributed by atoms with E-state index in [-0.39, 0.29) is 0 Å². The van der Waals surface area contributed by atoms with E-state index in [1.54, 1.807) is 0 Å². The van der Waals surface area contributed by atoms with Crippen LogP contribution in [0.15, 0.2) is 30.3 Å². The second-order valence-electron chi connectivity index (χ2n) is 9.10. The summed E-state index contributed by atoms with van der Waals surface area (Å²) in [5.74, 6) is -0.864. The van der Waals surface area contributed by atoms with Gasteiger partial charge in [0.25, 0.3) is 0 Å². The Labute approximate surface area is 168 Å². The Hall–Kier alpha value is -1.43. The van der Waals surface area contributed by atoms with Crippen LogP contribution in [0.4, 0.5) is 0 Å². The number of nitrogens with zero attached hydrogens (tertiary/aromatic N) is 2. The predicted molar refractivity (Wildman–Crippen MR) is 109 cm³/mol. The minimum absolute atomic E-state index is 0.391. The number of carbonyl (C=O) groups is 1. The maximum Gasteiger partial charge on any atom is 0.313 e. The number of likely N-dealkylation sites (tertiary alicyclic amines) is 2. The Balaban J connectivity index is 1.44. The molecule has 1 aromatic rings. The standard InChI is InChI=1S/C23H34N2O3/c26-21-12-15-25(20-10-13-24(14-11-20)19-8-4-5-9-19)17-23(21,22(27)28)16-18-6-2-1-3-7-18/h1-3,6-7,19-21,26H,4-5,8-17H2,(H,27,28)/t21-,23-/m1/s1. The Bertz CT molecular complexity index is 653. The molecule has 0 aromatic heterocycles. The number of benzene rings is 1. The highest BCUT2D eigenvalue weighted by molar-refractivity contribution is 5.76. The van der Waals surface area contributed by atoms with Gasteiger partial charge in [0, 0.05) is 25.2 Å². The smallest absolute Gasteiger partial charge is 0.313 e. The molecule has 0 unspecified atom stereocenters. The minimum Gasteiger partial charge on any atom is -0.481 e. The van der Waals surface area contributed by atoms with Crippen LogP contribution in [0.2, 0.25) is 0 Å². The van der Waals surface area contributed by atoms with Gasteiger partial charge in [0.05, 0.1) is 6.10 Å². The first kappa shape index (κ1) is 19.9. The van der Waals surface area contributed by atoms with Crippen molar-refractivity contribution in [3.8, 4) is 0 Å². The lowest BCUT2D eigenvalue weighted by Crippen LogP contribution is -2.60. The fourth-order valence-electron chi connectivity index (χ4n) is 5.73. The fourth-order valence-corrected chi connectivity index (χ4v) is 5.73. The maximum atomic E-state index is 12.4. The summed E-state index contributed by atoms with van der Waals surface area (Å²) in [6.45, 7) is 3.52. The van der Waals surface area contributed by atoms with Gasteiger partial charge in [0.15, 0.2) is 0 Å². The van der Waals surface area contributed by atoms with E-state index in [0.717, 1.165) is 44.1 Å². The van der Waals surface area contributed by atoms with Crippen LogP contribution in [0.5, 0.6) is 0 Å². The molecule has 1 saturated carbocycles. The van der Waals surface area contributed by atoms with Crippen molar-refractivity contribution in [3.05, 3.63) is 35.9 Å². The van der Waals surface area contributed by atoms with Gasteiger partial charge in [-0.15, -0.1) is 0 Å². The number of piperidine rings is 2. The van der Waals surface area contributed by atoms with Gasteiger partial charge in [-0.2, -0.15) is 0 Å².